The highest BCUT2D eigenvalue weighted by Crippen LogP contribution is 2.19. The molecule has 0 aliphatic heterocycles. The number of oxazole rings is 1. The summed E-state index contributed by atoms with van der Waals surface area (Å²) >= 11 is 0. The first-order chi connectivity index (χ1) is 8.58. The molecule has 7 heteroatoms. The van der Waals surface area contributed by atoms with Gasteiger partial charge in [0.25, 0.3) is 5.22 Å². The van der Waals surface area contributed by atoms with Crippen LogP contribution in [0.1, 0.15) is 6.42 Å². The summed E-state index contributed by atoms with van der Waals surface area (Å²) in [5.74, 6) is -1.85. The van der Waals surface area contributed by atoms with E-state index in [4.69, 9.17) is 4.42 Å². The molecule has 18 heavy (non-hydrogen) atoms. The smallest absolute Gasteiger partial charge is 0.301 e. The average Bonchev–Trinajstić information content (AvgIpc) is 2.79. The molecule has 0 aliphatic rings. The van der Waals surface area contributed by atoms with Crippen LogP contribution in [0.15, 0.2) is 45.8 Å². The van der Waals surface area contributed by atoms with Gasteiger partial charge in [0.15, 0.2) is 11.4 Å². The Labute approximate surface area is 103 Å². The van der Waals surface area contributed by atoms with Gasteiger partial charge in [-0.05, 0) is 12.1 Å². The third kappa shape index (κ3) is 2.79. The molecular formula is C11H8F3NO2S. The minimum absolute atomic E-state index is 0.0803. The Bertz CT molecular complexity index is 587. The van der Waals surface area contributed by atoms with Crippen LogP contribution in [0, 0.1) is 0 Å². The molecule has 0 aliphatic carbocycles. The predicted octanol–water partition coefficient (Wildman–Crippen LogP) is 3.40. The minimum Gasteiger partial charge on any atom is -0.430 e. The number of rotatable bonds is 4. The molecule has 0 amide bonds. The van der Waals surface area contributed by atoms with E-state index in [1.807, 2.05) is 0 Å². The van der Waals surface area contributed by atoms with E-state index in [0.29, 0.717) is 11.1 Å². The number of benzene rings is 1. The molecule has 1 atom stereocenters. The quantitative estimate of drug-likeness (QED) is 0.858. The molecule has 1 aromatic heterocycles. The van der Waals surface area contributed by atoms with Gasteiger partial charge in [0.2, 0.25) is 0 Å². The zero-order chi connectivity index (χ0) is 13.1. The van der Waals surface area contributed by atoms with Crippen molar-refractivity contribution in [2.45, 2.75) is 11.6 Å². The Hall–Kier alpha value is -1.63. The lowest BCUT2D eigenvalue weighted by Crippen LogP contribution is -1.99. The molecule has 2 aromatic rings. The number of allylic oxidation sites excluding steroid dienone is 1. The molecule has 0 fully saturated rings. The molecule has 96 valence electrons. The van der Waals surface area contributed by atoms with E-state index in [9.17, 15) is 17.4 Å². The summed E-state index contributed by atoms with van der Waals surface area (Å²) < 4.78 is 53.0. The van der Waals surface area contributed by atoms with Gasteiger partial charge in [-0.15, -0.1) is 0 Å². The normalized spacial score (nSPS) is 12.6. The number of aromatic nitrogens is 1. The van der Waals surface area contributed by atoms with Gasteiger partial charge in [-0.3, -0.25) is 0 Å². The molecule has 0 bridgehead atoms. The number of halogens is 3. The SMILES string of the molecule is O=S(CCC(F)=C(F)F)c1nc2ccccc2o1. The average molecular weight is 275 g/mol. The fraction of sp³-hybridized carbons (Fsp3) is 0.182. The predicted molar refractivity (Wildman–Crippen MR) is 60.3 cm³/mol. The third-order valence-corrected chi connectivity index (χ3v) is 3.32. The van der Waals surface area contributed by atoms with E-state index >= 15 is 0 Å². The van der Waals surface area contributed by atoms with Crippen molar-refractivity contribution in [1.82, 2.24) is 4.98 Å². The summed E-state index contributed by atoms with van der Waals surface area (Å²) in [7, 11) is -1.74. The van der Waals surface area contributed by atoms with Gasteiger partial charge in [-0.1, -0.05) is 12.1 Å². The van der Waals surface area contributed by atoms with Crippen LogP contribution >= 0.6 is 0 Å². The van der Waals surface area contributed by atoms with Gasteiger partial charge in [0.1, 0.15) is 16.3 Å². The molecule has 3 nitrogen and oxygen atoms in total. The van der Waals surface area contributed by atoms with Gasteiger partial charge in [0.05, 0.1) is 0 Å². The summed E-state index contributed by atoms with van der Waals surface area (Å²) in [6.45, 7) is 0. The van der Waals surface area contributed by atoms with Crippen LogP contribution in [0.3, 0.4) is 0 Å². The molecule has 0 spiro atoms. The number of fused-ring (bicyclic) bond motifs is 1. The van der Waals surface area contributed by atoms with Crippen molar-refractivity contribution >= 4 is 21.9 Å². The van der Waals surface area contributed by atoms with E-state index in [0.717, 1.165) is 0 Å². The van der Waals surface area contributed by atoms with Crippen LogP contribution in [0.5, 0.6) is 0 Å². The summed E-state index contributed by atoms with van der Waals surface area (Å²) in [5.41, 5.74) is 0.974. The minimum atomic E-state index is -2.38. The van der Waals surface area contributed by atoms with Gasteiger partial charge < -0.3 is 4.42 Å². The van der Waals surface area contributed by atoms with E-state index in [1.165, 1.54) is 0 Å². The van der Waals surface area contributed by atoms with Crippen LogP contribution < -0.4 is 0 Å². The zero-order valence-electron chi connectivity index (χ0n) is 9.03. The molecular weight excluding hydrogens is 267 g/mol. The monoisotopic (exact) mass is 275 g/mol. The fourth-order valence-corrected chi connectivity index (χ4v) is 2.23. The highest BCUT2D eigenvalue weighted by atomic mass is 32.2. The van der Waals surface area contributed by atoms with E-state index in [2.05, 4.69) is 4.98 Å². The Balaban J connectivity index is 2.12. The highest BCUT2D eigenvalue weighted by molar-refractivity contribution is 7.84. The molecule has 1 aromatic carbocycles. The molecule has 0 saturated carbocycles. The van der Waals surface area contributed by atoms with E-state index in [1.54, 1.807) is 24.3 Å². The lowest BCUT2D eigenvalue weighted by Gasteiger charge is -1.95. The van der Waals surface area contributed by atoms with Crippen molar-refractivity contribution in [3.05, 3.63) is 36.2 Å². The van der Waals surface area contributed by atoms with Crippen molar-refractivity contribution in [2.75, 3.05) is 5.75 Å². The van der Waals surface area contributed by atoms with Crippen molar-refractivity contribution in [3.8, 4) is 0 Å². The van der Waals surface area contributed by atoms with Crippen molar-refractivity contribution in [3.63, 3.8) is 0 Å². The van der Waals surface area contributed by atoms with E-state index in [-0.39, 0.29) is 11.0 Å². The first-order valence-corrected chi connectivity index (χ1v) is 6.33. The van der Waals surface area contributed by atoms with Crippen LogP contribution in [-0.4, -0.2) is 14.9 Å². The molecule has 1 heterocycles. The van der Waals surface area contributed by atoms with Gasteiger partial charge in [-0.25, -0.2) is 13.6 Å². The Morgan fingerprint density at radius 1 is 1.28 bits per heavy atom. The van der Waals surface area contributed by atoms with Crippen molar-refractivity contribution in [1.29, 1.82) is 0 Å². The Morgan fingerprint density at radius 3 is 2.67 bits per heavy atom. The second-order valence-corrected chi connectivity index (χ2v) is 4.86. The van der Waals surface area contributed by atoms with Gasteiger partial charge >= 0.3 is 6.08 Å². The van der Waals surface area contributed by atoms with Crippen LogP contribution in [0.25, 0.3) is 11.1 Å². The molecule has 0 saturated heterocycles. The zero-order valence-corrected chi connectivity index (χ0v) is 9.85. The van der Waals surface area contributed by atoms with Crippen molar-refractivity contribution in [2.24, 2.45) is 0 Å². The maximum atomic E-state index is 12.6. The Kier molecular flexibility index (Phi) is 3.81. The van der Waals surface area contributed by atoms with Crippen molar-refractivity contribution < 1.29 is 21.8 Å². The van der Waals surface area contributed by atoms with Crippen LogP contribution in [0.4, 0.5) is 13.2 Å². The second kappa shape index (κ2) is 5.34. The molecule has 0 N–H and O–H groups in total. The highest BCUT2D eigenvalue weighted by Gasteiger charge is 2.14. The first kappa shape index (κ1) is 12.8. The largest absolute Gasteiger partial charge is 0.430 e. The summed E-state index contributed by atoms with van der Waals surface area (Å²) in [5, 5.41) is -0.0803. The third-order valence-electron chi connectivity index (χ3n) is 2.18. The maximum Gasteiger partial charge on any atom is 0.301 e. The first-order valence-electron chi connectivity index (χ1n) is 5.01. The molecule has 2 rings (SSSR count). The number of hydrogen-bond acceptors (Lipinski definition) is 3. The lowest BCUT2D eigenvalue weighted by molar-refractivity contribution is 0.373. The van der Waals surface area contributed by atoms with Gasteiger partial charge in [-0.2, -0.15) is 8.78 Å². The summed E-state index contributed by atoms with van der Waals surface area (Å²) in [6, 6.07) is 6.77. The molecule has 1 unspecified atom stereocenters. The molecule has 0 radical (unpaired) electrons. The van der Waals surface area contributed by atoms with E-state index < -0.39 is 29.1 Å². The second-order valence-electron chi connectivity index (χ2n) is 3.41. The number of hydrogen-bond donors (Lipinski definition) is 0. The Morgan fingerprint density at radius 2 is 2.00 bits per heavy atom. The fourth-order valence-electron chi connectivity index (χ4n) is 1.31. The lowest BCUT2D eigenvalue weighted by atomic mass is 10.3. The number of nitrogens with zero attached hydrogens (tertiary/aromatic N) is 1. The standard InChI is InChI=1S/C11H8F3NO2S/c12-7(10(13)14)5-6-18(16)11-15-8-3-1-2-4-9(8)17-11/h1-4H,5-6H2. The topological polar surface area (TPSA) is 43.1 Å². The van der Waals surface area contributed by atoms with Gasteiger partial charge in [0, 0.05) is 12.2 Å². The summed E-state index contributed by atoms with van der Waals surface area (Å²) in [4.78, 5) is 3.94. The number of para-hydroxylation sites is 2. The van der Waals surface area contributed by atoms with Crippen LogP contribution in [-0.2, 0) is 10.8 Å². The van der Waals surface area contributed by atoms with Crippen LogP contribution in [0.2, 0.25) is 0 Å². The maximum absolute atomic E-state index is 12.6. The summed E-state index contributed by atoms with van der Waals surface area (Å²) in [6.07, 6.45) is -2.99.